The molecule has 0 radical (unpaired) electrons. The maximum Gasteiger partial charge on any atom is 0.268 e. The van der Waals surface area contributed by atoms with Crippen LogP contribution in [0.3, 0.4) is 0 Å². The largest absolute Gasteiger partial charge is 0.392 e. The molecular formula is C20H17F2NO3S. The zero-order valence-corrected chi connectivity index (χ0v) is 15.1. The zero-order chi connectivity index (χ0) is 19.2. The summed E-state index contributed by atoms with van der Waals surface area (Å²) in [6.45, 7) is -0.301. The lowest BCUT2D eigenvalue weighted by atomic mass is 10.0. The molecule has 0 saturated carbocycles. The summed E-state index contributed by atoms with van der Waals surface area (Å²) in [7, 11) is -4.17. The van der Waals surface area contributed by atoms with Gasteiger partial charge in [0.15, 0.2) is 11.6 Å². The number of hydrogen-bond acceptors (Lipinski definition) is 3. The molecule has 1 aliphatic rings. The number of aromatic nitrogens is 1. The lowest BCUT2D eigenvalue weighted by molar-refractivity contribution is 0.281. The van der Waals surface area contributed by atoms with Crippen molar-refractivity contribution in [3.63, 3.8) is 0 Å². The Balaban J connectivity index is 2.01. The first-order chi connectivity index (χ1) is 12.9. The van der Waals surface area contributed by atoms with Crippen LogP contribution in [0.5, 0.6) is 0 Å². The molecule has 0 amide bonds. The van der Waals surface area contributed by atoms with Crippen molar-refractivity contribution in [2.45, 2.75) is 30.8 Å². The number of nitrogens with zero attached hydrogens (tertiary/aromatic N) is 1. The Morgan fingerprint density at radius 2 is 1.81 bits per heavy atom. The van der Waals surface area contributed by atoms with E-state index < -0.39 is 21.7 Å². The van der Waals surface area contributed by atoms with Gasteiger partial charge in [-0.2, -0.15) is 0 Å². The molecule has 0 unspecified atom stereocenters. The third kappa shape index (κ3) is 2.87. The van der Waals surface area contributed by atoms with E-state index in [9.17, 15) is 22.3 Å². The van der Waals surface area contributed by atoms with Gasteiger partial charge in [0.05, 0.1) is 17.2 Å². The second kappa shape index (κ2) is 6.58. The van der Waals surface area contributed by atoms with Crippen molar-refractivity contribution in [2.75, 3.05) is 0 Å². The Morgan fingerprint density at radius 1 is 1.04 bits per heavy atom. The summed E-state index contributed by atoms with van der Waals surface area (Å²) in [5, 5.41) is 9.75. The SMILES string of the molecule is O=S(=O)(c1ccc(F)c(F)c1)n1cc(CO)c2c1-c1ccccc1CCC2. The number of halogens is 2. The van der Waals surface area contributed by atoms with Gasteiger partial charge in [0.25, 0.3) is 10.0 Å². The highest BCUT2D eigenvalue weighted by Gasteiger charge is 2.28. The molecule has 1 N–H and O–H groups in total. The Labute approximate surface area is 155 Å². The minimum Gasteiger partial charge on any atom is -0.392 e. The molecule has 4 nitrogen and oxygen atoms in total. The van der Waals surface area contributed by atoms with Gasteiger partial charge in [-0.3, -0.25) is 0 Å². The lowest BCUT2D eigenvalue weighted by Crippen LogP contribution is -2.14. The summed E-state index contributed by atoms with van der Waals surface area (Å²) in [5.74, 6) is -2.33. The molecule has 4 rings (SSSR count). The number of aliphatic hydroxyl groups excluding tert-OH is 1. The van der Waals surface area contributed by atoms with Crippen molar-refractivity contribution in [3.8, 4) is 11.3 Å². The Kier molecular flexibility index (Phi) is 4.36. The third-order valence-electron chi connectivity index (χ3n) is 4.93. The summed E-state index contributed by atoms with van der Waals surface area (Å²) in [6, 6.07) is 10.0. The number of rotatable bonds is 3. The molecule has 1 heterocycles. The number of hydrogen-bond donors (Lipinski definition) is 1. The second-order valence-corrected chi connectivity index (χ2v) is 8.34. The molecule has 3 aromatic rings. The lowest BCUT2D eigenvalue weighted by Gasteiger charge is -2.13. The van der Waals surface area contributed by atoms with Crippen LogP contribution in [0.1, 0.15) is 23.1 Å². The van der Waals surface area contributed by atoms with Crippen LogP contribution in [-0.4, -0.2) is 17.5 Å². The van der Waals surface area contributed by atoms with Crippen molar-refractivity contribution in [3.05, 3.63) is 77.0 Å². The van der Waals surface area contributed by atoms with E-state index in [1.165, 1.54) is 6.20 Å². The van der Waals surface area contributed by atoms with Gasteiger partial charge in [-0.25, -0.2) is 21.2 Å². The van der Waals surface area contributed by atoms with Crippen molar-refractivity contribution >= 4 is 10.0 Å². The minimum absolute atomic E-state index is 0.301. The summed E-state index contributed by atoms with van der Waals surface area (Å²) in [4.78, 5) is -0.342. The highest BCUT2D eigenvalue weighted by atomic mass is 32.2. The molecule has 0 atom stereocenters. The monoisotopic (exact) mass is 389 g/mol. The van der Waals surface area contributed by atoms with E-state index in [0.29, 0.717) is 23.7 Å². The predicted octanol–water partition coefficient (Wildman–Crippen LogP) is 3.65. The van der Waals surface area contributed by atoms with E-state index in [4.69, 9.17) is 0 Å². The first-order valence-electron chi connectivity index (χ1n) is 8.56. The average Bonchev–Trinajstić information content (AvgIpc) is 2.93. The Morgan fingerprint density at radius 3 is 2.56 bits per heavy atom. The molecule has 140 valence electrons. The van der Waals surface area contributed by atoms with Crippen LogP contribution in [0.2, 0.25) is 0 Å². The van der Waals surface area contributed by atoms with Gasteiger partial charge in [-0.05, 0) is 48.6 Å². The van der Waals surface area contributed by atoms with Gasteiger partial charge in [0.1, 0.15) is 0 Å². The average molecular weight is 389 g/mol. The van der Waals surface area contributed by atoms with Crippen molar-refractivity contribution in [2.24, 2.45) is 0 Å². The van der Waals surface area contributed by atoms with E-state index in [0.717, 1.165) is 45.6 Å². The molecule has 0 saturated heterocycles. The standard InChI is InChI=1S/C20H17F2NO3S/c21-18-9-8-15(10-19(18)22)27(25,26)23-11-14(12-24)17-7-3-5-13-4-1-2-6-16(13)20(17)23/h1-2,4,6,8-11,24H,3,5,7,12H2. The van der Waals surface area contributed by atoms with Gasteiger partial charge in [-0.1, -0.05) is 24.3 Å². The molecule has 0 bridgehead atoms. The van der Waals surface area contributed by atoms with E-state index in [2.05, 4.69) is 0 Å². The van der Waals surface area contributed by atoms with Crippen LogP contribution in [0, 0.1) is 11.6 Å². The Hall–Kier alpha value is -2.51. The van der Waals surface area contributed by atoms with Gasteiger partial charge in [-0.15, -0.1) is 0 Å². The smallest absolute Gasteiger partial charge is 0.268 e. The van der Waals surface area contributed by atoms with Crippen LogP contribution in [-0.2, 0) is 29.5 Å². The van der Waals surface area contributed by atoms with Gasteiger partial charge in [0, 0.05) is 17.3 Å². The highest BCUT2D eigenvalue weighted by Crippen LogP contribution is 2.37. The Bertz CT molecular complexity index is 1140. The zero-order valence-electron chi connectivity index (χ0n) is 14.3. The fourth-order valence-corrected chi connectivity index (χ4v) is 5.07. The summed E-state index contributed by atoms with van der Waals surface area (Å²) in [5.41, 5.74) is 3.56. The normalized spacial score (nSPS) is 13.7. The fraction of sp³-hybridized carbons (Fsp3) is 0.200. The first kappa shape index (κ1) is 17.9. The van der Waals surface area contributed by atoms with Crippen LogP contribution in [0.25, 0.3) is 11.3 Å². The number of aryl methyl sites for hydroxylation is 1. The molecule has 7 heteroatoms. The minimum atomic E-state index is -4.17. The maximum absolute atomic E-state index is 13.7. The molecule has 0 spiro atoms. The number of benzene rings is 2. The highest BCUT2D eigenvalue weighted by molar-refractivity contribution is 7.90. The topological polar surface area (TPSA) is 59.3 Å². The summed E-state index contributed by atoms with van der Waals surface area (Å²) >= 11 is 0. The van der Waals surface area contributed by atoms with E-state index in [-0.39, 0.29) is 11.5 Å². The third-order valence-corrected chi connectivity index (χ3v) is 6.59. The van der Waals surface area contributed by atoms with Crippen molar-refractivity contribution < 1.29 is 22.3 Å². The molecule has 0 fully saturated rings. The van der Waals surface area contributed by atoms with Gasteiger partial charge in [0.2, 0.25) is 0 Å². The molecule has 0 aliphatic heterocycles. The summed E-state index contributed by atoms with van der Waals surface area (Å²) < 4.78 is 54.4. The van der Waals surface area contributed by atoms with Crippen LogP contribution >= 0.6 is 0 Å². The molecular weight excluding hydrogens is 372 g/mol. The molecule has 1 aliphatic carbocycles. The first-order valence-corrected chi connectivity index (χ1v) is 10.0. The number of fused-ring (bicyclic) bond motifs is 3. The van der Waals surface area contributed by atoms with Crippen molar-refractivity contribution in [1.29, 1.82) is 0 Å². The predicted molar refractivity (Wildman–Crippen MR) is 96.8 cm³/mol. The van der Waals surface area contributed by atoms with Crippen molar-refractivity contribution in [1.82, 2.24) is 3.97 Å². The van der Waals surface area contributed by atoms with Crippen LogP contribution in [0.4, 0.5) is 8.78 Å². The quantitative estimate of drug-likeness (QED) is 0.744. The van der Waals surface area contributed by atoms with E-state index in [1.54, 1.807) is 0 Å². The second-order valence-electron chi connectivity index (χ2n) is 6.53. The molecule has 2 aromatic carbocycles. The van der Waals surface area contributed by atoms with Crippen LogP contribution in [0.15, 0.2) is 53.6 Å². The summed E-state index contributed by atoms with van der Waals surface area (Å²) in [6.07, 6.45) is 3.62. The fourth-order valence-electron chi connectivity index (χ4n) is 3.63. The molecule has 27 heavy (non-hydrogen) atoms. The van der Waals surface area contributed by atoms with Crippen LogP contribution < -0.4 is 0 Å². The van der Waals surface area contributed by atoms with E-state index >= 15 is 0 Å². The van der Waals surface area contributed by atoms with Gasteiger partial charge >= 0.3 is 0 Å². The maximum atomic E-state index is 13.7. The van der Waals surface area contributed by atoms with E-state index in [1.807, 2.05) is 24.3 Å². The molecule has 1 aromatic heterocycles. The van der Waals surface area contributed by atoms with Gasteiger partial charge < -0.3 is 5.11 Å². The number of aliphatic hydroxyl groups is 1.